The molecule has 1 aliphatic heterocycles. The van der Waals surface area contributed by atoms with Crippen LogP contribution in [0, 0.1) is 10.6 Å². The predicted molar refractivity (Wildman–Crippen MR) is 103 cm³/mol. The van der Waals surface area contributed by atoms with Crippen molar-refractivity contribution in [1.82, 2.24) is 19.2 Å². The van der Waals surface area contributed by atoms with Crippen molar-refractivity contribution in [3.8, 4) is 5.69 Å². The van der Waals surface area contributed by atoms with Gasteiger partial charge in [-0.3, -0.25) is 9.47 Å². The highest BCUT2D eigenvalue weighted by atomic mass is 32.1. The van der Waals surface area contributed by atoms with Crippen LogP contribution >= 0.6 is 12.2 Å². The third-order valence-corrected chi connectivity index (χ3v) is 5.07. The second-order valence-corrected chi connectivity index (χ2v) is 6.71. The number of piperazine rings is 1. The lowest BCUT2D eigenvalue weighted by Crippen LogP contribution is -2.47. The molecule has 26 heavy (non-hydrogen) atoms. The summed E-state index contributed by atoms with van der Waals surface area (Å²) in [6, 6.07) is 16.7. The predicted octanol–water partition coefficient (Wildman–Crippen LogP) is 3.32. The van der Waals surface area contributed by atoms with Gasteiger partial charge in [0.2, 0.25) is 4.77 Å². The Morgan fingerprint density at radius 1 is 0.885 bits per heavy atom. The lowest BCUT2D eigenvalue weighted by atomic mass is 10.2. The number of halogens is 1. The van der Waals surface area contributed by atoms with Crippen LogP contribution in [-0.4, -0.2) is 45.4 Å². The molecule has 4 rings (SSSR count). The molecule has 1 saturated heterocycles. The van der Waals surface area contributed by atoms with Gasteiger partial charge in [0.1, 0.15) is 12.1 Å². The fourth-order valence-electron chi connectivity index (χ4n) is 3.19. The van der Waals surface area contributed by atoms with Crippen LogP contribution in [0.5, 0.6) is 0 Å². The van der Waals surface area contributed by atoms with Gasteiger partial charge in [-0.05, 0) is 48.6 Å². The maximum atomic E-state index is 13.1. The summed E-state index contributed by atoms with van der Waals surface area (Å²) in [6.07, 6.45) is 1.77. The zero-order valence-electron chi connectivity index (χ0n) is 14.3. The van der Waals surface area contributed by atoms with Gasteiger partial charge in [0, 0.05) is 37.6 Å². The number of para-hydroxylation sites is 1. The third kappa shape index (κ3) is 3.54. The number of rotatable bonds is 4. The fourth-order valence-corrected chi connectivity index (χ4v) is 3.45. The highest BCUT2D eigenvalue weighted by Crippen LogP contribution is 2.17. The molecular formula is C19H20FN5S. The minimum atomic E-state index is -0.198. The largest absolute Gasteiger partial charge is 0.369 e. The van der Waals surface area contributed by atoms with Crippen molar-refractivity contribution in [2.45, 2.75) is 6.67 Å². The van der Waals surface area contributed by atoms with Crippen molar-refractivity contribution in [3.05, 3.63) is 71.5 Å². The molecule has 2 aromatic carbocycles. The topological polar surface area (TPSA) is 29.2 Å². The van der Waals surface area contributed by atoms with Crippen LogP contribution < -0.4 is 4.90 Å². The van der Waals surface area contributed by atoms with Crippen LogP contribution in [-0.2, 0) is 6.67 Å². The summed E-state index contributed by atoms with van der Waals surface area (Å²) in [7, 11) is 0. The van der Waals surface area contributed by atoms with Gasteiger partial charge in [-0.15, -0.1) is 0 Å². The van der Waals surface area contributed by atoms with Gasteiger partial charge in [-0.2, -0.15) is 5.10 Å². The van der Waals surface area contributed by atoms with Gasteiger partial charge < -0.3 is 4.90 Å². The molecule has 0 unspecified atom stereocenters. The van der Waals surface area contributed by atoms with E-state index in [1.165, 1.54) is 12.1 Å². The Kier molecular flexibility index (Phi) is 4.81. The zero-order chi connectivity index (χ0) is 17.9. The molecule has 5 nitrogen and oxygen atoms in total. The van der Waals surface area contributed by atoms with Crippen molar-refractivity contribution in [2.24, 2.45) is 0 Å². The van der Waals surface area contributed by atoms with E-state index in [1.807, 2.05) is 51.7 Å². The normalized spacial score (nSPS) is 15.3. The average Bonchev–Trinajstić information content (AvgIpc) is 3.04. The lowest BCUT2D eigenvalue weighted by Gasteiger charge is -2.35. The Balaban J connectivity index is 1.40. The highest BCUT2D eigenvalue weighted by molar-refractivity contribution is 7.71. The van der Waals surface area contributed by atoms with Crippen molar-refractivity contribution in [3.63, 3.8) is 0 Å². The number of benzene rings is 2. The van der Waals surface area contributed by atoms with Crippen molar-refractivity contribution in [2.75, 3.05) is 31.1 Å². The summed E-state index contributed by atoms with van der Waals surface area (Å²) in [4.78, 5) is 4.61. The molecule has 0 atom stereocenters. The van der Waals surface area contributed by atoms with E-state index in [0.29, 0.717) is 11.4 Å². The Morgan fingerprint density at radius 2 is 1.58 bits per heavy atom. The van der Waals surface area contributed by atoms with Crippen LogP contribution in [0.1, 0.15) is 0 Å². The van der Waals surface area contributed by atoms with Crippen molar-refractivity contribution >= 4 is 17.9 Å². The zero-order valence-corrected chi connectivity index (χ0v) is 15.1. The van der Waals surface area contributed by atoms with E-state index in [9.17, 15) is 4.39 Å². The molecule has 0 radical (unpaired) electrons. The van der Waals surface area contributed by atoms with E-state index >= 15 is 0 Å². The Labute approximate surface area is 156 Å². The molecule has 134 valence electrons. The molecule has 3 aromatic rings. The standard InChI is InChI=1S/C19H20FN5S/c20-16-6-8-17(9-7-16)23-12-10-22(11-13-23)15-25-19(26)24(14-21-25)18-4-2-1-3-5-18/h1-9,14H,10-13,15H2. The summed E-state index contributed by atoms with van der Waals surface area (Å²) in [6.45, 7) is 4.31. The number of aromatic nitrogens is 3. The SMILES string of the molecule is Fc1ccc(N2CCN(Cn3ncn(-c4ccccc4)c3=S)CC2)cc1. The van der Waals surface area contributed by atoms with Gasteiger partial charge in [-0.25, -0.2) is 9.07 Å². The average molecular weight is 369 g/mol. The second-order valence-electron chi connectivity index (χ2n) is 6.34. The van der Waals surface area contributed by atoms with Crippen LogP contribution in [0.3, 0.4) is 0 Å². The molecule has 0 bridgehead atoms. The molecule has 0 saturated carbocycles. The van der Waals surface area contributed by atoms with E-state index < -0.39 is 0 Å². The Morgan fingerprint density at radius 3 is 2.27 bits per heavy atom. The molecule has 7 heteroatoms. The van der Waals surface area contributed by atoms with Gasteiger partial charge >= 0.3 is 0 Å². The number of hydrogen-bond donors (Lipinski definition) is 0. The summed E-state index contributed by atoms with van der Waals surface area (Å²) in [5.41, 5.74) is 2.08. The molecular weight excluding hydrogens is 349 g/mol. The number of nitrogens with zero attached hydrogens (tertiary/aromatic N) is 5. The molecule has 1 fully saturated rings. The molecule has 1 aliphatic rings. The van der Waals surface area contributed by atoms with Crippen LogP contribution in [0.4, 0.5) is 10.1 Å². The number of anilines is 1. The summed E-state index contributed by atoms with van der Waals surface area (Å²) in [5, 5.41) is 4.45. The first-order valence-corrected chi connectivity index (χ1v) is 9.04. The quantitative estimate of drug-likeness (QED) is 0.660. The highest BCUT2D eigenvalue weighted by Gasteiger charge is 2.18. The van der Waals surface area contributed by atoms with Crippen LogP contribution in [0.15, 0.2) is 60.9 Å². The smallest absolute Gasteiger partial charge is 0.203 e. The molecule has 0 N–H and O–H groups in total. The van der Waals surface area contributed by atoms with E-state index in [-0.39, 0.29) is 5.82 Å². The monoisotopic (exact) mass is 369 g/mol. The van der Waals surface area contributed by atoms with Crippen molar-refractivity contribution in [1.29, 1.82) is 0 Å². The Bertz CT molecular complexity index is 911. The van der Waals surface area contributed by atoms with Crippen LogP contribution in [0.2, 0.25) is 0 Å². The summed E-state index contributed by atoms with van der Waals surface area (Å²) >= 11 is 5.58. The van der Waals surface area contributed by atoms with E-state index in [2.05, 4.69) is 14.9 Å². The summed E-state index contributed by atoms with van der Waals surface area (Å²) < 4.78 is 17.5. The minimum Gasteiger partial charge on any atom is -0.369 e. The molecule has 0 spiro atoms. The maximum Gasteiger partial charge on any atom is 0.203 e. The fraction of sp³-hybridized carbons (Fsp3) is 0.263. The van der Waals surface area contributed by atoms with Gasteiger partial charge in [0.15, 0.2) is 0 Å². The van der Waals surface area contributed by atoms with Crippen LogP contribution in [0.25, 0.3) is 5.69 Å². The van der Waals surface area contributed by atoms with E-state index in [1.54, 1.807) is 6.33 Å². The molecule has 1 aromatic heterocycles. The van der Waals surface area contributed by atoms with E-state index in [0.717, 1.165) is 37.6 Å². The van der Waals surface area contributed by atoms with Crippen molar-refractivity contribution < 1.29 is 4.39 Å². The van der Waals surface area contributed by atoms with E-state index in [4.69, 9.17) is 12.2 Å². The minimum absolute atomic E-state index is 0.198. The van der Waals surface area contributed by atoms with Gasteiger partial charge in [0.05, 0.1) is 6.67 Å². The number of hydrogen-bond acceptors (Lipinski definition) is 4. The van der Waals surface area contributed by atoms with Gasteiger partial charge in [-0.1, -0.05) is 18.2 Å². The first kappa shape index (κ1) is 16.9. The molecule has 0 amide bonds. The summed E-state index contributed by atoms with van der Waals surface area (Å²) in [5.74, 6) is -0.198. The third-order valence-electron chi connectivity index (χ3n) is 4.67. The Hall–Kier alpha value is -2.51. The van der Waals surface area contributed by atoms with Gasteiger partial charge in [0.25, 0.3) is 0 Å². The maximum absolute atomic E-state index is 13.1. The first-order chi connectivity index (χ1) is 12.7. The molecule has 0 aliphatic carbocycles. The second kappa shape index (κ2) is 7.39. The lowest BCUT2D eigenvalue weighted by molar-refractivity contribution is 0.194. The molecule has 2 heterocycles. The first-order valence-electron chi connectivity index (χ1n) is 8.63.